The van der Waals surface area contributed by atoms with E-state index >= 15 is 0 Å². The Hall–Kier alpha value is -0.280. The lowest BCUT2D eigenvalue weighted by molar-refractivity contribution is -0.380. The zero-order valence-corrected chi connectivity index (χ0v) is 6.61. The van der Waals surface area contributed by atoms with E-state index in [1.165, 1.54) is 0 Å². The summed E-state index contributed by atoms with van der Waals surface area (Å²) in [6.45, 7) is -0.798. The maximum atomic E-state index is 9.14. The van der Waals surface area contributed by atoms with Crippen molar-refractivity contribution in [3.8, 4) is 0 Å². The summed E-state index contributed by atoms with van der Waals surface area (Å²) in [7, 11) is 0. The molecule has 0 aromatic carbocycles. The quantitative estimate of drug-likeness (QED) is 0.236. The van der Waals surface area contributed by atoms with Crippen molar-refractivity contribution in [1.82, 2.24) is 0 Å². The Bertz CT molecular complexity index is 178. The molecule has 0 spiro atoms. The van der Waals surface area contributed by atoms with Crippen molar-refractivity contribution in [2.24, 2.45) is 0 Å². The van der Waals surface area contributed by atoms with Crippen molar-refractivity contribution in [1.29, 1.82) is 0 Å². The van der Waals surface area contributed by atoms with Crippen LogP contribution in [0.4, 0.5) is 0 Å². The molecule has 0 saturated carbocycles. The largest absolute Gasteiger partial charge is 0.393 e. The molecule has 6 N–H and O–H groups in total. The first-order valence-electron chi connectivity index (χ1n) is 3.66. The molecule has 0 bridgehead atoms. The summed E-state index contributed by atoms with van der Waals surface area (Å²) in [5.74, 6) is -2.77. The first-order chi connectivity index (χ1) is 5.91. The zero-order chi connectivity index (χ0) is 10.2. The summed E-state index contributed by atoms with van der Waals surface area (Å²) in [5.41, 5.74) is 0. The zero-order valence-electron chi connectivity index (χ0n) is 6.61. The maximum absolute atomic E-state index is 9.14. The van der Waals surface area contributed by atoms with E-state index in [9.17, 15) is 0 Å². The number of aliphatic hydroxyl groups excluding tert-OH is 4. The van der Waals surface area contributed by atoms with Crippen LogP contribution in [0.5, 0.6) is 0 Å². The Morgan fingerprint density at radius 1 is 1.15 bits per heavy atom. The van der Waals surface area contributed by atoms with E-state index in [2.05, 4.69) is 4.74 Å². The van der Waals surface area contributed by atoms with Crippen molar-refractivity contribution < 1.29 is 35.4 Å². The fraction of sp³-hybridized carbons (Fsp3) is 1.00. The molecule has 1 fully saturated rings. The summed E-state index contributed by atoms with van der Waals surface area (Å²) in [6.07, 6.45) is -7.12. The summed E-state index contributed by atoms with van der Waals surface area (Å²) >= 11 is 0. The Labute approximate surface area is 73.4 Å². The fourth-order valence-corrected chi connectivity index (χ4v) is 1.12. The second-order valence-corrected chi connectivity index (χ2v) is 2.92. The van der Waals surface area contributed by atoms with E-state index in [1.54, 1.807) is 0 Å². The Kier molecular flexibility index (Phi) is 2.88. The van der Waals surface area contributed by atoms with Crippen molar-refractivity contribution in [2.45, 2.75) is 30.4 Å². The molecule has 1 saturated heterocycles. The van der Waals surface area contributed by atoms with Gasteiger partial charge in [-0.05, 0) is 0 Å². The Balaban J connectivity index is 2.82. The molecule has 4 atom stereocenters. The predicted molar refractivity (Wildman–Crippen MR) is 37.1 cm³/mol. The first-order valence-corrected chi connectivity index (χ1v) is 3.66. The number of ether oxygens (including phenoxy) is 1. The molecule has 1 aliphatic heterocycles. The number of rotatable bonds is 1. The van der Waals surface area contributed by atoms with Crippen molar-refractivity contribution in [3.63, 3.8) is 0 Å². The van der Waals surface area contributed by atoms with Gasteiger partial charge in [0.25, 0.3) is 0 Å². The summed E-state index contributed by atoms with van der Waals surface area (Å²) in [6, 6.07) is 0. The third-order valence-corrected chi connectivity index (χ3v) is 1.99. The van der Waals surface area contributed by atoms with Gasteiger partial charge in [-0.3, -0.25) is 0 Å². The molecule has 78 valence electrons. The fourth-order valence-electron chi connectivity index (χ4n) is 1.12. The van der Waals surface area contributed by atoms with Crippen molar-refractivity contribution >= 4 is 0 Å². The van der Waals surface area contributed by atoms with Crippen LogP contribution in [0.2, 0.25) is 0 Å². The second kappa shape index (κ2) is 3.46. The minimum atomic E-state index is -2.77. The lowest BCUT2D eigenvalue weighted by Gasteiger charge is -2.42. The standard InChI is InChI=1S/C6H12O7/c7-1-2-6(11,12)4(9)3(8)5(10)13-2/h2-5,7-12H,1H2/t2-,3+,4-,5+/m1/s1. The molecule has 0 amide bonds. The summed E-state index contributed by atoms with van der Waals surface area (Å²) in [4.78, 5) is 0. The number of hydrogen-bond donors (Lipinski definition) is 6. The van der Waals surface area contributed by atoms with Gasteiger partial charge < -0.3 is 35.4 Å². The van der Waals surface area contributed by atoms with Gasteiger partial charge in [-0.25, -0.2) is 0 Å². The van der Waals surface area contributed by atoms with Crippen LogP contribution in [-0.2, 0) is 4.74 Å². The summed E-state index contributed by atoms with van der Waals surface area (Å²) < 4.78 is 4.43. The Morgan fingerprint density at radius 2 is 1.69 bits per heavy atom. The molecule has 0 aromatic heterocycles. The van der Waals surface area contributed by atoms with Gasteiger partial charge in [0.1, 0.15) is 18.3 Å². The predicted octanol–water partition coefficient (Wildman–Crippen LogP) is -3.90. The topological polar surface area (TPSA) is 131 Å². The lowest BCUT2D eigenvalue weighted by Crippen LogP contribution is -2.66. The van der Waals surface area contributed by atoms with E-state index in [4.69, 9.17) is 30.6 Å². The molecular formula is C6H12O7. The highest BCUT2D eigenvalue weighted by atomic mass is 16.7. The SMILES string of the molecule is OC[C@H]1O[C@H](O)[C@@H](O)[C@@H](O)C1(O)O. The number of aliphatic hydroxyl groups is 6. The van der Waals surface area contributed by atoms with Gasteiger partial charge in [0, 0.05) is 0 Å². The third kappa shape index (κ3) is 1.67. The first kappa shape index (κ1) is 10.8. The highest BCUT2D eigenvalue weighted by molar-refractivity contribution is 4.93. The minimum absolute atomic E-state index is 0.798. The third-order valence-electron chi connectivity index (χ3n) is 1.99. The van der Waals surface area contributed by atoms with Gasteiger partial charge in [0.15, 0.2) is 6.29 Å². The molecule has 7 heteroatoms. The van der Waals surface area contributed by atoms with Crippen LogP contribution >= 0.6 is 0 Å². The maximum Gasteiger partial charge on any atom is 0.221 e. The van der Waals surface area contributed by atoms with Crippen LogP contribution in [0.25, 0.3) is 0 Å². The van der Waals surface area contributed by atoms with E-state index in [0.717, 1.165) is 0 Å². The minimum Gasteiger partial charge on any atom is -0.393 e. The van der Waals surface area contributed by atoms with Crippen molar-refractivity contribution in [3.05, 3.63) is 0 Å². The van der Waals surface area contributed by atoms with Crippen LogP contribution < -0.4 is 0 Å². The van der Waals surface area contributed by atoms with E-state index < -0.39 is 37.0 Å². The molecule has 0 radical (unpaired) electrons. The highest BCUT2D eigenvalue weighted by Gasteiger charge is 2.53. The van der Waals surface area contributed by atoms with Crippen LogP contribution in [0.1, 0.15) is 0 Å². The lowest BCUT2D eigenvalue weighted by atomic mass is 9.95. The molecule has 0 aliphatic carbocycles. The van der Waals surface area contributed by atoms with Gasteiger partial charge >= 0.3 is 0 Å². The highest BCUT2D eigenvalue weighted by Crippen LogP contribution is 2.26. The van der Waals surface area contributed by atoms with Crippen LogP contribution in [0.15, 0.2) is 0 Å². The normalized spacial score (nSPS) is 44.8. The molecule has 13 heavy (non-hydrogen) atoms. The van der Waals surface area contributed by atoms with Gasteiger partial charge in [-0.2, -0.15) is 0 Å². The van der Waals surface area contributed by atoms with E-state index in [1.807, 2.05) is 0 Å². The molecule has 1 aliphatic rings. The average Bonchev–Trinajstić information content (AvgIpc) is 2.08. The number of hydrogen-bond acceptors (Lipinski definition) is 7. The van der Waals surface area contributed by atoms with Crippen LogP contribution in [-0.4, -0.2) is 67.6 Å². The molecular weight excluding hydrogens is 184 g/mol. The van der Waals surface area contributed by atoms with E-state index in [0.29, 0.717) is 0 Å². The van der Waals surface area contributed by atoms with Crippen LogP contribution in [0, 0.1) is 0 Å². The van der Waals surface area contributed by atoms with Gasteiger partial charge in [0.2, 0.25) is 5.79 Å². The van der Waals surface area contributed by atoms with Gasteiger partial charge in [0.05, 0.1) is 6.61 Å². The van der Waals surface area contributed by atoms with E-state index in [-0.39, 0.29) is 0 Å². The second-order valence-electron chi connectivity index (χ2n) is 2.92. The molecule has 0 unspecified atom stereocenters. The average molecular weight is 196 g/mol. The smallest absolute Gasteiger partial charge is 0.221 e. The Morgan fingerprint density at radius 3 is 2.15 bits per heavy atom. The monoisotopic (exact) mass is 196 g/mol. The molecule has 0 aromatic rings. The molecule has 1 heterocycles. The molecule has 1 rings (SSSR count). The van der Waals surface area contributed by atoms with Gasteiger partial charge in [-0.15, -0.1) is 0 Å². The molecule has 7 nitrogen and oxygen atoms in total. The van der Waals surface area contributed by atoms with Crippen molar-refractivity contribution in [2.75, 3.05) is 6.61 Å². The summed E-state index contributed by atoms with van der Waals surface area (Å²) in [5, 5.41) is 53.8. The van der Waals surface area contributed by atoms with Gasteiger partial charge in [-0.1, -0.05) is 0 Å². The van der Waals surface area contributed by atoms with Crippen LogP contribution in [0.3, 0.4) is 0 Å².